The van der Waals surface area contributed by atoms with Gasteiger partial charge in [0.1, 0.15) is 11.6 Å². The second kappa shape index (κ2) is 9.96. The molecule has 4 aromatic rings. The molecular weight excluding hydrogens is 416 g/mol. The fourth-order valence-corrected chi connectivity index (χ4v) is 3.59. The molecule has 4 rings (SSSR count). The maximum Gasteiger partial charge on any atom is 0.308 e. The first-order valence-electron chi connectivity index (χ1n) is 10.7. The lowest BCUT2D eigenvalue weighted by Gasteiger charge is -2.14. The van der Waals surface area contributed by atoms with Gasteiger partial charge >= 0.3 is 11.9 Å². The summed E-state index contributed by atoms with van der Waals surface area (Å²) in [6.45, 7) is 3.12. The van der Waals surface area contributed by atoms with E-state index in [9.17, 15) is 9.59 Å². The number of carbonyl (C=O) groups excluding carboxylic acids is 2. The molecule has 0 aliphatic carbocycles. The molecule has 0 radical (unpaired) electrons. The van der Waals surface area contributed by atoms with Crippen molar-refractivity contribution in [2.45, 2.75) is 27.0 Å². The second-order valence-corrected chi connectivity index (χ2v) is 7.41. The van der Waals surface area contributed by atoms with Crippen molar-refractivity contribution in [2.75, 3.05) is 0 Å². The van der Waals surface area contributed by atoms with Gasteiger partial charge in [-0.2, -0.15) is 0 Å². The van der Waals surface area contributed by atoms with E-state index in [1.165, 1.54) is 6.92 Å². The monoisotopic (exact) mass is 440 g/mol. The summed E-state index contributed by atoms with van der Waals surface area (Å²) < 4.78 is 12.7. The molecule has 0 unspecified atom stereocenters. The number of nitrogens with zero attached hydrogens (tertiary/aromatic N) is 2. The van der Waals surface area contributed by atoms with Gasteiger partial charge in [-0.25, -0.2) is 4.98 Å². The summed E-state index contributed by atoms with van der Waals surface area (Å²) in [5.74, 6) is 0.319. The number of imidazole rings is 1. The molecule has 0 amide bonds. The number of esters is 2. The standard InChI is InChI=1S/C27H24N2O4/c1-3-24(31)32-18-29-26(21-13-8-5-9-14-21)25(20-11-6-4-7-12-20)28-27(29)22-15-10-16-23(17-22)33-19(2)30/h4-17H,3,18H2,1-2H3. The van der Waals surface area contributed by atoms with Crippen LogP contribution in [-0.4, -0.2) is 21.5 Å². The summed E-state index contributed by atoms with van der Waals surface area (Å²) in [4.78, 5) is 28.5. The van der Waals surface area contributed by atoms with Crippen molar-refractivity contribution in [3.8, 4) is 39.7 Å². The minimum Gasteiger partial charge on any atom is -0.444 e. The smallest absolute Gasteiger partial charge is 0.308 e. The lowest BCUT2D eigenvalue weighted by Crippen LogP contribution is -2.11. The highest BCUT2D eigenvalue weighted by Gasteiger charge is 2.22. The first-order chi connectivity index (χ1) is 16.1. The maximum atomic E-state index is 12.0. The van der Waals surface area contributed by atoms with E-state index in [-0.39, 0.29) is 19.1 Å². The van der Waals surface area contributed by atoms with Crippen molar-refractivity contribution in [3.63, 3.8) is 0 Å². The normalized spacial score (nSPS) is 10.6. The van der Waals surface area contributed by atoms with Gasteiger partial charge in [0.25, 0.3) is 0 Å². The van der Waals surface area contributed by atoms with Gasteiger partial charge in [0, 0.05) is 30.0 Å². The van der Waals surface area contributed by atoms with Gasteiger partial charge in [-0.15, -0.1) is 0 Å². The predicted octanol–water partition coefficient (Wildman–Crippen LogP) is 5.72. The van der Waals surface area contributed by atoms with Crippen LogP contribution in [0.1, 0.15) is 20.3 Å². The van der Waals surface area contributed by atoms with Gasteiger partial charge in [-0.1, -0.05) is 79.7 Å². The SMILES string of the molecule is CCC(=O)OCn1c(-c2cccc(OC(C)=O)c2)nc(-c2ccccc2)c1-c1ccccc1. The van der Waals surface area contributed by atoms with Gasteiger partial charge in [0.05, 0.1) is 11.4 Å². The Labute approximate surface area is 192 Å². The van der Waals surface area contributed by atoms with Gasteiger partial charge in [0.2, 0.25) is 0 Å². The van der Waals surface area contributed by atoms with Gasteiger partial charge in [-0.05, 0) is 12.1 Å². The minimum absolute atomic E-state index is 0.00383. The van der Waals surface area contributed by atoms with E-state index in [0.29, 0.717) is 11.6 Å². The summed E-state index contributed by atoms with van der Waals surface area (Å²) >= 11 is 0. The first-order valence-corrected chi connectivity index (χ1v) is 10.7. The molecule has 0 bridgehead atoms. The molecule has 3 aromatic carbocycles. The largest absolute Gasteiger partial charge is 0.444 e. The Morgan fingerprint density at radius 2 is 1.48 bits per heavy atom. The van der Waals surface area contributed by atoms with Crippen LogP contribution in [0.4, 0.5) is 0 Å². The average molecular weight is 440 g/mol. The Kier molecular flexibility index (Phi) is 6.64. The van der Waals surface area contributed by atoms with Crippen molar-refractivity contribution in [2.24, 2.45) is 0 Å². The predicted molar refractivity (Wildman–Crippen MR) is 126 cm³/mol. The Morgan fingerprint density at radius 3 is 2.12 bits per heavy atom. The molecule has 0 atom stereocenters. The van der Waals surface area contributed by atoms with Crippen LogP contribution < -0.4 is 4.74 Å². The van der Waals surface area contributed by atoms with Crippen LogP contribution in [0.5, 0.6) is 5.75 Å². The third-order valence-electron chi connectivity index (χ3n) is 5.06. The maximum absolute atomic E-state index is 12.0. The third-order valence-corrected chi connectivity index (χ3v) is 5.06. The van der Waals surface area contributed by atoms with Gasteiger partial charge in [-0.3, -0.25) is 14.2 Å². The van der Waals surface area contributed by atoms with Crippen LogP contribution in [0, 0.1) is 0 Å². The Bertz CT molecular complexity index is 1260. The van der Waals surface area contributed by atoms with E-state index in [0.717, 1.165) is 28.1 Å². The lowest BCUT2D eigenvalue weighted by molar-refractivity contribution is -0.147. The lowest BCUT2D eigenvalue weighted by atomic mass is 10.0. The zero-order chi connectivity index (χ0) is 23.2. The topological polar surface area (TPSA) is 70.4 Å². The molecular formula is C27H24N2O4. The Hall–Kier alpha value is -4.19. The molecule has 1 heterocycles. The van der Waals surface area contributed by atoms with Crippen LogP contribution in [0.25, 0.3) is 33.9 Å². The molecule has 6 nitrogen and oxygen atoms in total. The van der Waals surface area contributed by atoms with Crippen LogP contribution in [0.3, 0.4) is 0 Å². The van der Waals surface area contributed by atoms with Gasteiger partial charge in [0.15, 0.2) is 6.73 Å². The van der Waals surface area contributed by atoms with Crippen molar-refractivity contribution < 1.29 is 19.1 Å². The van der Waals surface area contributed by atoms with Crippen LogP contribution in [-0.2, 0) is 21.1 Å². The molecule has 1 aromatic heterocycles. The van der Waals surface area contributed by atoms with E-state index in [4.69, 9.17) is 14.5 Å². The number of aromatic nitrogens is 2. The van der Waals surface area contributed by atoms with E-state index in [2.05, 4.69) is 0 Å². The number of hydrogen-bond donors (Lipinski definition) is 0. The zero-order valence-electron chi connectivity index (χ0n) is 18.5. The highest BCUT2D eigenvalue weighted by atomic mass is 16.5. The minimum atomic E-state index is -0.401. The van der Waals surface area contributed by atoms with Crippen molar-refractivity contribution in [3.05, 3.63) is 84.9 Å². The first kappa shape index (κ1) is 22.0. The fourth-order valence-electron chi connectivity index (χ4n) is 3.59. The molecule has 33 heavy (non-hydrogen) atoms. The quantitative estimate of drug-likeness (QED) is 0.272. The number of hydrogen-bond acceptors (Lipinski definition) is 5. The Balaban J connectivity index is 1.95. The van der Waals surface area contributed by atoms with Crippen LogP contribution in [0.15, 0.2) is 84.9 Å². The molecule has 166 valence electrons. The second-order valence-electron chi connectivity index (χ2n) is 7.41. The van der Waals surface area contributed by atoms with E-state index in [1.807, 2.05) is 71.3 Å². The molecule has 0 aliphatic rings. The zero-order valence-corrected chi connectivity index (χ0v) is 18.5. The number of carbonyl (C=O) groups is 2. The number of rotatable bonds is 7. The molecule has 0 N–H and O–H groups in total. The number of benzene rings is 3. The summed E-state index contributed by atoms with van der Waals surface area (Å²) in [6, 6.07) is 26.9. The molecule has 6 heteroatoms. The summed E-state index contributed by atoms with van der Waals surface area (Å²) in [6.07, 6.45) is 0.276. The number of ether oxygens (including phenoxy) is 2. The Morgan fingerprint density at radius 1 is 0.848 bits per heavy atom. The molecule has 0 spiro atoms. The molecule has 0 fully saturated rings. The van der Waals surface area contributed by atoms with Crippen LogP contribution >= 0.6 is 0 Å². The molecule has 0 saturated heterocycles. The molecule has 0 saturated carbocycles. The van der Waals surface area contributed by atoms with Gasteiger partial charge < -0.3 is 9.47 Å². The van der Waals surface area contributed by atoms with Crippen molar-refractivity contribution in [1.29, 1.82) is 0 Å². The van der Waals surface area contributed by atoms with E-state index >= 15 is 0 Å². The molecule has 0 aliphatic heterocycles. The highest BCUT2D eigenvalue weighted by molar-refractivity contribution is 5.82. The van der Waals surface area contributed by atoms with Crippen molar-refractivity contribution in [1.82, 2.24) is 9.55 Å². The van der Waals surface area contributed by atoms with E-state index in [1.54, 1.807) is 25.1 Å². The average Bonchev–Trinajstić information content (AvgIpc) is 3.23. The highest BCUT2D eigenvalue weighted by Crippen LogP contribution is 2.37. The van der Waals surface area contributed by atoms with Crippen LogP contribution in [0.2, 0.25) is 0 Å². The van der Waals surface area contributed by atoms with E-state index < -0.39 is 5.97 Å². The summed E-state index contributed by atoms with van der Waals surface area (Å²) in [5, 5.41) is 0. The fraction of sp³-hybridized carbons (Fsp3) is 0.148. The van der Waals surface area contributed by atoms with Crippen molar-refractivity contribution >= 4 is 11.9 Å². The summed E-state index contributed by atoms with van der Waals surface area (Å²) in [7, 11) is 0. The third kappa shape index (κ3) is 5.01. The summed E-state index contributed by atoms with van der Waals surface area (Å²) in [5.41, 5.74) is 4.22.